The lowest BCUT2D eigenvalue weighted by Gasteiger charge is -2.18. The van der Waals surface area contributed by atoms with E-state index >= 15 is 0 Å². The summed E-state index contributed by atoms with van der Waals surface area (Å²) < 4.78 is 0. The molecule has 0 aliphatic heterocycles. The molecule has 1 aliphatic rings. The Morgan fingerprint density at radius 3 is 2.91 bits per heavy atom. The maximum Gasteiger partial charge on any atom is 0.186 e. The highest BCUT2D eigenvalue weighted by Gasteiger charge is 2.20. The lowest BCUT2D eigenvalue weighted by atomic mass is 9.86. The van der Waals surface area contributed by atoms with E-state index in [-0.39, 0.29) is 11.0 Å². The zero-order valence-electron chi connectivity index (χ0n) is 6.38. The molecule has 0 aromatic rings. The zero-order valence-corrected chi connectivity index (χ0v) is 7.27. The molecule has 11 heavy (non-hydrogen) atoms. The first kappa shape index (κ1) is 8.78. The second-order valence-electron chi connectivity index (χ2n) is 3.10. The van der Waals surface area contributed by atoms with Crippen molar-refractivity contribution in [1.82, 2.24) is 0 Å². The standard InChI is InChI=1S/C8H12O2S/c9-7-3-1-2-6(4-7)5-8(10)11/h6H,1-5H2,(H,10,11)/t6-/m0/s1. The molecule has 1 rings (SSSR count). The SMILES string of the molecule is O=C(S)C[C@H]1CCCC(=O)C1. The van der Waals surface area contributed by atoms with E-state index in [0.29, 0.717) is 25.0 Å². The van der Waals surface area contributed by atoms with Crippen molar-refractivity contribution in [2.75, 3.05) is 0 Å². The molecule has 62 valence electrons. The second-order valence-corrected chi connectivity index (χ2v) is 3.60. The van der Waals surface area contributed by atoms with Gasteiger partial charge in [0.2, 0.25) is 0 Å². The molecule has 0 radical (unpaired) electrons. The fraction of sp³-hybridized carbons (Fsp3) is 0.750. The van der Waals surface area contributed by atoms with Crippen LogP contribution < -0.4 is 0 Å². The molecule has 1 atom stereocenters. The third-order valence-electron chi connectivity index (χ3n) is 2.05. The van der Waals surface area contributed by atoms with E-state index in [2.05, 4.69) is 12.6 Å². The third-order valence-corrected chi connectivity index (χ3v) is 2.23. The second kappa shape index (κ2) is 3.90. The summed E-state index contributed by atoms with van der Waals surface area (Å²) >= 11 is 3.69. The van der Waals surface area contributed by atoms with Gasteiger partial charge in [0.25, 0.3) is 0 Å². The minimum absolute atomic E-state index is 0.0929. The highest BCUT2D eigenvalue weighted by atomic mass is 32.1. The topological polar surface area (TPSA) is 34.1 Å². The highest BCUT2D eigenvalue weighted by Crippen LogP contribution is 2.24. The molecule has 0 amide bonds. The van der Waals surface area contributed by atoms with Crippen LogP contribution in [0.1, 0.15) is 32.1 Å². The van der Waals surface area contributed by atoms with Crippen molar-refractivity contribution >= 4 is 23.5 Å². The Labute approximate surface area is 71.8 Å². The van der Waals surface area contributed by atoms with Crippen molar-refractivity contribution in [2.45, 2.75) is 32.1 Å². The average Bonchev–Trinajstić information content (AvgIpc) is 1.85. The van der Waals surface area contributed by atoms with Crippen LogP contribution >= 0.6 is 12.6 Å². The van der Waals surface area contributed by atoms with Crippen LogP contribution in [0.2, 0.25) is 0 Å². The van der Waals surface area contributed by atoms with E-state index in [0.717, 1.165) is 12.8 Å². The Morgan fingerprint density at radius 2 is 2.36 bits per heavy atom. The molecular weight excluding hydrogens is 160 g/mol. The fourth-order valence-corrected chi connectivity index (χ4v) is 1.79. The van der Waals surface area contributed by atoms with Crippen LogP contribution in [0.25, 0.3) is 0 Å². The highest BCUT2D eigenvalue weighted by molar-refractivity contribution is 7.96. The summed E-state index contributed by atoms with van der Waals surface area (Å²) in [5.74, 6) is 0.581. The van der Waals surface area contributed by atoms with Crippen LogP contribution in [0.5, 0.6) is 0 Å². The van der Waals surface area contributed by atoms with E-state index < -0.39 is 0 Å². The Balaban J connectivity index is 2.34. The number of hydrogen-bond acceptors (Lipinski definition) is 2. The molecule has 1 fully saturated rings. The van der Waals surface area contributed by atoms with E-state index in [1.165, 1.54) is 0 Å². The van der Waals surface area contributed by atoms with Crippen LogP contribution in [0.4, 0.5) is 0 Å². The van der Waals surface area contributed by atoms with Gasteiger partial charge in [-0.25, -0.2) is 0 Å². The van der Waals surface area contributed by atoms with Crippen molar-refractivity contribution < 1.29 is 9.59 Å². The van der Waals surface area contributed by atoms with Crippen molar-refractivity contribution in [2.24, 2.45) is 5.92 Å². The predicted octanol–water partition coefficient (Wildman–Crippen LogP) is 1.59. The number of hydrogen-bond donors (Lipinski definition) is 1. The van der Waals surface area contributed by atoms with E-state index in [1.54, 1.807) is 0 Å². The first-order chi connectivity index (χ1) is 5.18. The van der Waals surface area contributed by atoms with E-state index in [1.807, 2.05) is 0 Å². The van der Waals surface area contributed by atoms with Gasteiger partial charge >= 0.3 is 0 Å². The monoisotopic (exact) mass is 172 g/mol. The molecule has 0 spiro atoms. The molecule has 0 N–H and O–H groups in total. The molecule has 0 unspecified atom stereocenters. The van der Waals surface area contributed by atoms with Crippen LogP contribution in [0.3, 0.4) is 0 Å². The summed E-state index contributed by atoms with van der Waals surface area (Å²) in [4.78, 5) is 21.5. The minimum atomic E-state index is -0.0929. The fourth-order valence-electron chi connectivity index (χ4n) is 1.54. The third kappa shape index (κ3) is 3.06. The molecular formula is C8H12O2S. The van der Waals surface area contributed by atoms with Crippen LogP contribution in [0.15, 0.2) is 0 Å². The first-order valence-corrected chi connectivity index (χ1v) is 4.36. The molecule has 3 heteroatoms. The van der Waals surface area contributed by atoms with Gasteiger partial charge in [0.15, 0.2) is 5.12 Å². The first-order valence-electron chi connectivity index (χ1n) is 3.92. The predicted molar refractivity (Wildman–Crippen MR) is 45.6 cm³/mol. The summed E-state index contributed by atoms with van der Waals surface area (Å²) in [6.07, 6.45) is 3.72. The van der Waals surface area contributed by atoms with Gasteiger partial charge in [-0.3, -0.25) is 9.59 Å². The minimum Gasteiger partial charge on any atom is -0.300 e. The van der Waals surface area contributed by atoms with Gasteiger partial charge in [-0.05, 0) is 18.8 Å². The number of rotatable bonds is 2. The van der Waals surface area contributed by atoms with Crippen molar-refractivity contribution in [1.29, 1.82) is 0 Å². The van der Waals surface area contributed by atoms with Crippen LogP contribution in [-0.2, 0) is 9.59 Å². The molecule has 0 aromatic carbocycles. The molecule has 1 saturated carbocycles. The van der Waals surface area contributed by atoms with E-state index in [9.17, 15) is 9.59 Å². The Morgan fingerprint density at radius 1 is 1.64 bits per heavy atom. The summed E-state index contributed by atoms with van der Waals surface area (Å²) in [6, 6.07) is 0. The van der Waals surface area contributed by atoms with Gasteiger partial charge < -0.3 is 0 Å². The van der Waals surface area contributed by atoms with Gasteiger partial charge in [-0.15, -0.1) is 12.6 Å². The lowest BCUT2D eigenvalue weighted by Crippen LogP contribution is -2.16. The molecule has 0 saturated heterocycles. The smallest absolute Gasteiger partial charge is 0.186 e. The summed E-state index contributed by atoms with van der Waals surface area (Å²) in [5, 5.41) is -0.0929. The molecule has 0 bridgehead atoms. The maximum absolute atomic E-state index is 10.9. The molecule has 1 aliphatic carbocycles. The average molecular weight is 172 g/mol. The van der Waals surface area contributed by atoms with Gasteiger partial charge in [0, 0.05) is 19.3 Å². The normalized spacial score (nSPS) is 25.2. The van der Waals surface area contributed by atoms with Crippen molar-refractivity contribution in [3.8, 4) is 0 Å². The number of Topliss-reactive ketones (excluding diaryl/α,β-unsaturated/α-hetero) is 1. The van der Waals surface area contributed by atoms with E-state index in [4.69, 9.17) is 0 Å². The van der Waals surface area contributed by atoms with Crippen molar-refractivity contribution in [3.63, 3.8) is 0 Å². The largest absolute Gasteiger partial charge is 0.300 e. The number of carbonyl (C=O) groups excluding carboxylic acids is 2. The molecule has 0 aromatic heterocycles. The summed E-state index contributed by atoms with van der Waals surface area (Å²) in [7, 11) is 0. The Hall–Kier alpha value is -0.310. The van der Waals surface area contributed by atoms with Gasteiger partial charge in [0.1, 0.15) is 5.78 Å². The number of ketones is 1. The molecule has 0 heterocycles. The lowest BCUT2D eigenvalue weighted by molar-refractivity contribution is -0.122. The Kier molecular flexibility index (Phi) is 3.12. The van der Waals surface area contributed by atoms with Gasteiger partial charge in [0.05, 0.1) is 0 Å². The summed E-state index contributed by atoms with van der Waals surface area (Å²) in [6.45, 7) is 0. The quantitative estimate of drug-likeness (QED) is 0.642. The number of carbonyl (C=O) groups is 2. The van der Waals surface area contributed by atoms with Crippen molar-refractivity contribution in [3.05, 3.63) is 0 Å². The maximum atomic E-state index is 10.9. The van der Waals surface area contributed by atoms with Crippen LogP contribution in [0, 0.1) is 5.92 Å². The van der Waals surface area contributed by atoms with Crippen LogP contribution in [-0.4, -0.2) is 10.9 Å². The summed E-state index contributed by atoms with van der Waals surface area (Å²) in [5.41, 5.74) is 0. The number of thiol groups is 1. The van der Waals surface area contributed by atoms with Gasteiger partial charge in [-0.2, -0.15) is 0 Å². The Bertz CT molecular complexity index is 175. The zero-order chi connectivity index (χ0) is 8.27. The molecule has 2 nitrogen and oxygen atoms in total. The van der Waals surface area contributed by atoms with Gasteiger partial charge in [-0.1, -0.05) is 0 Å².